The molecule has 4 heteroatoms. The van der Waals surface area contributed by atoms with Crippen LogP contribution in [0.3, 0.4) is 0 Å². The Labute approximate surface area is 118 Å². The summed E-state index contributed by atoms with van der Waals surface area (Å²) in [5.74, 6) is 1.24. The van der Waals surface area contributed by atoms with Crippen LogP contribution in [0.4, 0.5) is 0 Å². The summed E-state index contributed by atoms with van der Waals surface area (Å²) in [6.45, 7) is 5.38. The Balaban J connectivity index is 0.00000144. The second kappa shape index (κ2) is 6.22. The van der Waals surface area contributed by atoms with Gasteiger partial charge in [0.2, 0.25) is 0 Å². The van der Waals surface area contributed by atoms with Gasteiger partial charge in [-0.1, -0.05) is 18.5 Å². The van der Waals surface area contributed by atoms with Gasteiger partial charge in [0.25, 0.3) is 5.82 Å². The van der Waals surface area contributed by atoms with Crippen molar-refractivity contribution >= 4 is 28.6 Å². The lowest BCUT2D eigenvalue weighted by Gasteiger charge is -2.00. The third-order valence-electron chi connectivity index (χ3n) is 2.73. The first-order chi connectivity index (χ1) is 7.72. The number of hydrogen-bond donors (Lipinski definition) is 0. The second-order valence-electron chi connectivity index (χ2n) is 3.89. The first-order valence-corrected chi connectivity index (χ1v) is 5.93. The van der Waals surface area contributed by atoms with E-state index < -0.39 is 0 Å². The summed E-state index contributed by atoms with van der Waals surface area (Å²) in [4.78, 5) is 0. The van der Waals surface area contributed by atoms with Crippen LogP contribution < -0.4 is 4.57 Å². The minimum absolute atomic E-state index is 0. The smallest absolute Gasteiger partial charge is 0.234 e. The van der Waals surface area contributed by atoms with Crippen LogP contribution in [0.2, 0.25) is 5.02 Å². The van der Waals surface area contributed by atoms with Crippen LogP contribution in [0.1, 0.15) is 19.2 Å². The van der Waals surface area contributed by atoms with E-state index in [1.165, 1.54) is 5.82 Å². The number of nitrogens with zero attached hydrogens (tertiary/aromatic N) is 2. The number of rotatable bonds is 3. The fourth-order valence-corrected chi connectivity index (χ4v) is 1.98. The molecule has 0 aliphatic carbocycles. The van der Waals surface area contributed by atoms with Crippen molar-refractivity contribution in [1.29, 1.82) is 0 Å². The molecule has 0 radical (unpaired) electrons. The minimum Gasteiger partial charge on any atom is -0.234 e. The van der Waals surface area contributed by atoms with E-state index in [0.29, 0.717) is 0 Å². The van der Waals surface area contributed by atoms with Crippen LogP contribution in [0.15, 0.2) is 36.7 Å². The van der Waals surface area contributed by atoms with Crippen LogP contribution >= 0.6 is 28.6 Å². The highest BCUT2D eigenvalue weighted by atomic mass is 79.9. The first-order valence-electron chi connectivity index (χ1n) is 5.55. The Hall–Kier alpha value is -0.800. The van der Waals surface area contributed by atoms with Gasteiger partial charge in [0.05, 0.1) is 6.54 Å². The average molecular weight is 317 g/mol. The minimum atomic E-state index is 0. The maximum absolute atomic E-state index is 5.88. The molecule has 0 bridgehead atoms. The quantitative estimate of drug-likeness (QED) is 0.763. The molecule has 0 fully saturated rings. The predicted molar refractivity (Wildman–Crippen MR) is 76.3 cm³/mol. The number of benzene rings is 1. The third kappa shape index (κ3) is 3.11. The first kappa shape index (κ1) is 14.3. The molecule has 0 spiro atoms. The lowest BCUT2D eigenvalue weighted by Crippen LogP contribution is -2.34. The standard InChI is InChI=1S/C13H16ClN2.BrH/c1-3-8-15-9-10-16(11(15)2)13-6-4-12(14)5-7-13;/h4-7,9-10H,3,8H2,1-2H3;1H/q+1;. The molecule has 2 nitrogen and oxygen atoms in total. The molecular formula is C13H17BrClN2+. The van der Waals surface area contributed by atoms with Crippen LogP contribution in [-0.2, 0) is 6.54 Å². The summed E-state index contributed by atoms with van der Waals surface area (Å²) in [7, 11) is 0. The Morgan fingerprint density at radius 1 is 1.24 bits per heavy atom. The highest BCUT2D eigenvalue weighted by Crippen LogP contribution is 2.14. The number of imidazole rings is 1. The van der Waals surface area contributed by atoms with Gasteiger partial charge in [-0.2, -0.15) is 0 Å². The summed E-state index contributed by atoms with van der Waals surface area (Å²) in [6, 6.07) is 7.90. The van der Waals surface area contributed by atoms with Gasteiger partial charge in [0, 0.05) is 11.9 Å². The summed E-state index contributed by atoms with van der Waals surface area (Å²) in [6.07, 6.45) is 5.36. The molecule has 0 aliphatic rings. The van der Waals surface area contributed by atoms with E-state index in [2.05, 4.69) is 35.4 Å². The monoisotopic (exact) mass is 315 g/mol. The van der Waals surface area contributed by atoms with E-state index in [0.717, 1.165) is 23.7 Å². The van der Waals surface area contributed by atoms with Crippen LogP contribution in [0, 0.1) is 6.92 Å². The van der Waals surface area contributed by atoms with Gasteiger partial charge < -0.3 is 0 Å². The van der Waals surface area contributed by atoms with Crippen LogP contribution in [-0.4, -0.2) is 4.57 Å². The molecule has 0 N–H and O–H groups in total. The van der Waals surface area contributed by atoms with Gasteiger partial charge in [-0.25, -0.2) is 9.13 Å². The normalized spacial score (nSPS) is 10.1. The molecule has 0 amide bonds. The summed E-state index contributed by atoms with van der Waals surface area (Å²) in [5, 5.41) is 0.773. The van der Waals surface area contributed by atoms with Crippen LogP contribution in [0.5, 0.6) is 0 Å². The van der Waals surface area contributed by atoms with Gasteiger partial charge >= 0.3 is 0 Å². The number of aryl methyl sites for hydroxylation is 1. The lowest BCUT2D eigenvalue weighted by molar-refractivity contribution is -0.702. The topological polar surface area (TPSA) is 8.81 Å². The van der Waals surface area contributed by atoms with E-state index in [1.807, 2.05) is 24.3 Å². The van der Waals surface area contributed by atoms with Gasteiger partial charge in [0.1, 0.15) is 18.1 Å². The second-order valence-corrected chi connectivity index (χ2v) is 4.32. The lowest BCUT2D eigenvalue weighted by atomic mass is 10.3. The largest absolute Gasteiger partial charge is 0.258 e. The maximum atomic E-state index is 5.88. The summed E-state index contributed by atoms with van der Waals surface area (Å²) in [5.41, 5.74) is 1.15. The SMILES string of the molecule is Br.CCC[n+]1ccn(-c2ccc(Cl)cc2)c1C. The summed E-state index contributed by atoms with van der Waals surface area (Å²) >= 11 is 5.88. The zero-order valence-electron chi connectivity index (χ0n) is 10.1. The van der Waals surface area contributed by atoms with Gasteiger partial charge in [-0.3, -0.25) is 0 Å². The molecule has 17 heavy (non-hydrogen) atoms. The predicted octanol–water partition coefficient (Wildman–Crippen LogP) is 3.71. The molecule has 0 saturated heterocycles. The van der Waals surface area contributed by atoms with Crippen molar-refractivity contribution < 1.29 is 4.57 Å². The molecule has 0 saturated carbocycles. The van der Waals surface area contributed by atoms with Gasteiger partial charge in [-0.15, -0.1) is 17.0 Å². The molecule has 1 heterocycles. The van der Waals surface area contributed by atoms with Gasteiger partial charge in [-0.05, 0) is 30.7 Å². The van der Waals surface area contributed by atoms with Crippen molar-refractivity contribution in [3.8, 4) is 5.69 Å². The average Bonchev–Trinajstić information content (AvgIpc) is 2.63. The van der Waals surface area contributed by atoms with Crippen molar-refractivity contribution in [1.82, 2.24) is 4.57 Å². The highest BCUT2D eigenvalue weighted by molar-refractivity contribution is 8.93. The Morgan fingerprint density at radius 3 is 2.47 bits per heavy atom. The van der Waals surface area contributed by atoms with E-state index in [-0.39, 0.29) is 17.0 Å². The molecule has 92 valence electrons. The van der Waals surface area contributed by atoms with Gasteiger partial charge in [0.15, 0.2) is 0 Å². The molecule has 2 aromatic rings. The van der Waals surface area contributed by atoms with Crippen molar-refractivity contribution in [2.45, 2.75) is 26.8 Å². The Bertz CT molecular complexity index is 477. The van der Waals surface area contributed by atoms with E-state index in [4.69, 9.17) is 11.6 Å². The number of halogens is 2. The van der Waals surface area contributed by atoms with Crippen molar-refractivity contribution in [2.75, 3.05) is 0 Å². The number of aromatic nitrogens is 2. The molecule has 1 aromatic heterocycles. The fraction of sp³-hybridized carbons (Fsp3) is 0.308. The van der Waals surface area contributed by atoms with E-state index in [9.17, 15) is 0 Å². The van der Waals surface area contributed by atoms with Crippen molar-refractivity contribution in [3.05, 3.63) is 47.5 Å². The third-order valence-corrected chi connectivity index (χ3v) is 2.98. The Morgan fingerprint density at radius 2 is 1.88 bits per heavy atom. The van der Waals surface area contributed by atoms with Crippen LogP contribution in [0.25, 0.3) is 5.69 Å². The Kier molecular flexibility index (Phi) is 5.22. The fourth-order valence-electron chi connectivity index (χ4n) is 1.85. The molecule has 2 rings (SSSR count). The van der Waals surface area contributed by atoms with E-state index in [1.54, 1.807) is 0 Å². The zero-order valence-corrected chi connectivity index (χ0v) is 12.5. The van der Waals surface area contributed by atoms with Crippen molar-refractivity contribution in [2.24, 2.45) is 0 Å². The number of hydrogen-bond acceptors (Lipinski definition) is 0. The molecule has 0 atom stereocenters. The summed E-state index contributed by atoms with van der Waals surface area (Å²) < 4.78 is 4.43. The molecule has 0 unspecified atom stereocenters. The zero-order chi connectivity index (χ0) is 11.5. The van der Waals surface area contributed by atoms with Crippen molar-refractivity contribution in [3.63, 3.8) is 0 Å². The van der Waals surface area contributed by atoms with E-state index >= 15 is 0 Å². The molecule has 0 aliphatic heterocycles. The molecule has 1 aromatic carbocycles. The molecular weight excluding hydrogens is 300 g/mol. The maximum Gasteiger partial charge on any atom is 0.258 e. The highest BCUT2D eigenvalue weighted by Gasteiger charge is 2.12.